The maximum atomic E-state index is 13.4. The minimum absolute atomic E-state index is 0.299. The van der Waals surface area contributed by atoms with Crippen molar-refractivity contribution in [3.05, 3.63) is 64.2 Å². The lowest BCUT2D eigenvalue weighted by atomic mass is 9.85. The zero-order valence-corrected chi connectivity index (χ0v) is 20.4. The monoisotopic (exact) mass is 486 g/mol. The van der Waals surface area contributed by atoms with Crippen LogP contribution in [0.25, 0.3) is 0 Å². The van der Waals surface area contributed by atoms with Crippen LogP contribution in [-0.2, 0) is 29.4 Å². The lowest BCUT2D eigenvalue weighted by Gasteiger charge is -2.44. The Balaban J connectivity index is 1.28. The molecule has 176 valence electrons. The highest BCUT2D eigenvalue weighted by Crippen LogP contribution is 2.31. The molecule has 0 unspecified atom stereocenters. The number of halogens is 1. The molecule has 1 saturated heterocycles. The maximum absolute atomic E-state index is 13.4. The SMILES string of the molecule is O=S(=O)(c1ccc2c(c1)CCCC2)N1CCC2(CC1)NCCN=C2NCc1ccc(Cl)cc1. The summed E-state index contributed by atoms with van der Waals surface area (Å²) < 4.78 is 28.5. The number of benzene rings is 2. The van der Waals surface area contributed by atoms with Crippen LogP contribution in [0.15, 0.2) is 52.4 Å². The molecule has 2 aromatic rings. The number of amidine groups is 1. The Morgan fingerprint density at radius 3 is 2.52 bits per heavy atom. The van der Waals surface area contributed by atoms with Crippen LogP contribution in [0, 0.1) is 0 Å². The zero-order chi connectivity index (χ0) is 22.9. The van der Waals surface area contributed by atoms with Crippen molar-refractivity contribution in [3.8, 4) is 0 Å². The van der Waals surface area contributed by atoms with Crippen LogP contribution in [0.4, 0.5) is 0 Å². The van der Waals surface area contributed by atoms with Gasteiger partial charge in [0.05, 0.1) is 17.0 Å². The van der Waals surface area contributed by atoms with E-state index >= 15 is 0 Å². The topological polar surface area (TPSA) is 73.8 Å². The van der Waals surface area contributed by atoms with Gasteiger partial charge in [-0.05, 0) is 79.5 Å². The molecule has 0 saturated carbocycles. The molecule has 0 bridgehead atoms. The van der Waals surface area contributed by atoms with E-state index in [1.54, 1.807) is 10.4 Å². The Morgan fingerprint density at radius 2 is 1.76 bits per heavy atom. The number of rotatable bonds is 4. The Hall–Kier alpha value is -1.93. The first-order chi connectivity index (χ1) is 16.0. The normalized spacial score (nSPS) is 20.8. The van der Waals surface area contributed by atoms with Gasteiger partial charge in [0.25, 0.3) is 0 Å². The molecule has 2 N–H and O–H groups in total. The van der Waals surface area contributed by atoms with Crippen LogP contribution in [-0.4, -0.2) is 50.3 Å². The van der Waals surface area contributed by atoms with E-state index in [1.807, 2.05) is 36.4 Å². The molecule has 8 heteroatoms. The number of piperidine rings is 1. The average molecular weight is 487 g/mol. The van der Waals surface area contributed by atoms with E-state index in [9.17, 15) is 8.42 Å². The Bertz CT molecular complexity index is 1140. The molecule has 5 rings (SSSR count). The molecular formula is C25H31ClN4O2S. The summed E-state index contributed by atoms with van der Waals surface area (Å²) in [7, 11) is -3.49. The van der Waals surface area contributed by atoms with Gasteiger partial charge in [-0.2, -0.15) is 4.31 Å². The van der Waals surface area contributed by atoms with Gasteiger partial charge in [-0.25, -0.2) is 8.42 Å². The van der Waals surface area contributed by atoms with E-state index in [0.29, 0.717) is 37.4 Å². The Kier molecular flexibility index (Phi) is 6.49. The first-order valence-corrected chi connectivity index (χ1v) is 13.7. The summed E-state index contributed by atoms with van der Waals surface area (Å²) in [6, 6.07) is 13.5. The quantitative estimate of drug-likeness (QED) is 0.693. The molecular weight excluding hydrogens is 456 g/mol. The molecule has 0 radical (unpaired) electrons. The largest absolute Gasteiger partial charge is 0.368 e. The Morgan fingerprint density at radius 1 is 1.03 bits per heavy atom. The van der Waals surface area contributed by atoms with E-state index < -0.39 is 10.0 Å². The van der Waals surface area contributed by atoms with Gasteiger partial charge >= 0.3 is 0 Å². The predicted molar refractivity (Wildman–Crippen MR) is 132 cm³/mol. The van der Waals surface area contributed by atoms with Gasteiger partial charge in [-0.1, -0.05) is 29.8 Å². The third-order valence-electron chi connectivity index (χ3n) is 7.21. The van der Waals surface area contributed by atoms with E-state index in [0.717, 1.165) is 48.8 Å². The minimum Gasteiger partial charge on any atom is -0.368 e. The number of sulfonamides is 1. The molecule has 0 atom stereocenters. The number of hydrogen-bond acceptors (Lipinski definition) is 5. The van der Waals surface area contributed by atoms with E-state index in [4.69, 9.17) is 16.6 Å². The van der Waals surface area contributed by atoms with E-state index in [2.05, 4.69) is 10.6 Å². The molecule has 0 amide bonds. The zero-order valence-electron chi connectivity index (χ0n) is 18.8. The first kappa shape index (κ1) is 22.8. The summed E-state index contributed by atoms with van der Waals surface area (Å²) in [5, 5.41) is 7.88. The van der Waals surface area contributed by atoms with Crippen LogP contribution >= 0.6 is 11.6 Å². The summed E-state index contributed by atoms with van der Waals surface area (Å²) in [6.45, 7) is 3.16. The number of fused-ring (bicyclic) bond motifs is 1. The van der Waals surface area contributed by atoms with Crippen molar-refractivity contribution in [1.29, 1.82) is 0 Å². The third-order valence-corrected chi connectivity index (χ3v) is 9.35. The predicted octanol–water partition coefficient (Wildman–Crippen LogP) is 3.53. The second-order valence-corrected chi connectivity index (χ2v) is 11.6. The van der Waals surface area contributed by atoms with Crippen molar-refractivity contribution in [2.45, 2.75) is 55.5 Å². The van der Waals surface area contributed by atoms with Crippen LogP contribution in [0.2, 0.25) is 5.02 Å². The molecule has 3 aliphatic rings. The molecule has 2 aromatic carbocycles. The molecule has 2 aliphatic heterocycles. The van der Waals surface area contributed by atoms with Crippen molar-refractivity contribution in [2.24, 2.45) is 4.99 Å². The highest BCUT2D eigenvalue weighted by Gasteiger charge is 2.43. The van der Waals surface area contributed by atoms with Gasteiger partial charge in [0, 0.05) is 31.2 Å². The lowest BCUT2D eigenvalue weighted by molar-refractivity contribution is 0.241. The molecule has 6 nitrogen and oxygen atoms in total. The van der Waals surface area contributed by atoms with Gasteiger partial charge in [-0.15, -0.1) is 0 Å². The van der Waals surface area contributed by atoms with Gasteiger partial charge in [0.15, 0.2) is 0 Å². The molecule has 1 aliphatic carbocycles. The van der Waals surface area contributed by atoms with Crippen LogP contribution in [0.5, 0.6) is 0 Å². The third kappa shape index (κ3) is 4.69. The fourth-order valence-electron chi connectivity index (χ4n) is 5.25. The highest BCUT2D eigenvalue weighted by molar-refractivity contribution is 7.89. The van der Waals surface area contributed by atoms with Crippen LogP contribution < -0.4 is 10.6 Å². The first-order valence-electron chi connectivity index (χ1n) is 11.9. The van der Waals surface area contributed by atoms with E-state index in [-0.39, 0.29) is 5.54 Å². The second kappa shape index (κ2) is 9.37. The van der Waals surface area contributed by atoms with Crippen LogP contribution in [0.1, 0.15) is 42.4 Å². The summed E-state index contributed by atoms with van der Waals surface area (Å²) in [5.41, 5.74) is 3.34. The molecule has 2 heterocycles. The smallest absolute Gasteiger partial charge is 0.243 e. The number of nitrogens with one attached hydrogen (secondary N) is 2. The summed E-state index contributed by atoms with van der Waals surface area (Å²) in [6.07, 6.45) is 5.76. The van der Waals surface area contributed by atoms with Crippen molar-refractivity contribution in [1.82, 2.24) is 14.9 Å². The van der Waals surface area contributed by atoms with Crippen LogP contribution in [0.3, 0.4) is 0 Å². The summed E-state index contributed by atoms with van der Waals surface area (Å²) in [4.78, 5) is 5.22. The minimum atomic E-state index is -3.49. The van der Waals surface area contributed by atoms with E-state index in [1.165, 1.54) is 17.5 Å². The van der Waals surface area contributed by atoms with Crippen molar-refractivity contribution in [3.63, 3.8) is 0 Å². The summed E-state index contributed by atoms with van der Waals surface area (Å²) >= 11 is 6.00. The number of aryl methyl sites for hydroxylation is 2. The fraction of sp³-hybridized carbons (Fsp3) is 0.480. The number of hydrogen-bond donors (Lipinski definition) is 2. The molecule has 0 aromatic heterocycles. The average Bonchev–Trinajstić information content (AvgIpc) is 2.84. The molecule has 1 fully saturated rings. The maximum Gasteiger partial charge on any atom is 0.243 e. The van der Waals surface area contributed by atoms with Crippen molar-refractivity contribution in [2.75, 3.05) is 26.2 Å². The highest BCUT2D eigenvalue weighted by atomic mass is 35.5. The standard InChI is InChI=1S/C25H31ClN4O2S/c26-22-8-5-19(6-9-22)18-28-24-25(29-14-13-27-24)11-15-30(16-12-25)33(31,32)23-10-7-20-3-1-2-4-21(20)17-23/h5-10,17,29H,1-4,11-16,18H2,(H,27,28). The van der Waals surface area contributed by atoms with Gasteiger partial charge in [0.2, 0.25) is 10.0 Å². The van der Waals surface area contributed by atoms with Gasteiger partial charge in [0.1, 0.15) is 5.84 Å². The van der Waals surface area contributed by atoms with Crippen molar-refractivity contribution >= 4 is 27.5 Å². The fourth-order valence-corrected chi connectivity index (χ4v) is 6.87. The number of aliphatic imine (C=N–C) groups is 1. The van der Waals surface area contributed by atoms with Crippen molar-refractivity contribution < 1.29 is 8.42 Å². The summed E-state index contributed by atoms with van der Waals surface area (Å²) in [5.74, 6) is 0.939. The number of nitrogens with zero attached hydrogens (tertiary/aromatic N) is 2. The Labute approximate surface area is 201 Å². The lowest BCUT2D eigenvalue weighted by Crippen LogP contribution is -2.64. The van der Waals surface area contributed by atoms with Gasteiger partial charge < -0.3 is 10.6 Å². The molecule has 1 spiro atoms. The van der Waals surface area contributed by atoms with Gasteiger partial charge in [-0.3, -0.25) is 4.99 Å². The second-order valence-electron chi connectivity index (χ2n) is 9.26. The molecule has 33 heavy (non-hydrogen) atoms.